The maximum absolute atomic E-state index is 12.8. The second-order valence-corrected chi connectivity index (χ2v) is 10.5. The Balaban J connectivity index is 1.38. The van der Waals surface area contributed by atoms with Gasteiger partial charge >= 0.3 is 0 Å². The van der Waals surface area contributed by atoms with Crippen LogP contribution >= 0.6 is 46.0 Å². The minimum absolute atomic E-state index is 0.150. The number of rotatable bonds is 5. The summed E-state index contributed by atoms with van der Waals surface area (Å²) in [6, 6.07) is 7.83. The number of amides is 1. The van der Waals surface area contributed by atoms with Gasteiger partial charge < -0.3 is 10.2 Å². The SMILES string of the molecule is Cc1c(Cl)cccc1Nc1nnc(SC(C)C(=O)N2CCc3sccc3C2)s1. The molecule has 9 heteroatoms. The molecule has 0 radical (unpaired) electrons. The van der Waals surface area contributed by atoms with E-state index in [-0.39, 0.29) is 11.2 Å². The molecule has 5 nitrogen and oxygen atoms in total. The smallest absolute Gasteiger partial charge is 0.236 e. The van der Waals surface area contributed by atoms with Crippen LogP contribution < -0.4 is 5.32 Å². The summed E-state index contributed by atoms with van der Waals surface area (Å²) in [6.45, 7) is 5.39. The predicted octanol–water partition coefficient (Wildman–Crippen LogP) is 5.37. The molecule has 3 heterocycles. The molecule has 0 aliphatic carbocycles. The quantitative estimate of drug-likeness (QED) is 0.529. The van der Waals surface area contributed by atoms with E-state index in [4.69, 9.17) is 11.6 Å². The molecule has 0 spiro atoms. The molecule has 3 aromatic rings. The molecule has 4 rings (SSSR count). The maximum Gasteiger partial charge on any atom is 0.236 e. The third-order valence-corrected chi connectivity index (χ3v) is 8.10. The third-order valence-electron chi connectivity index (χ3n) is 4.66. The molecule has 2 aromatic heterocycles. The van der Waals surface area contributed by atoms with Crippen LogP contribution in [0.4, 0.5) is 10.8 Å². The number of nitrogens with zero attached hydrogens (tertiary/aromatic N) is 3. The van der Waals surface area contributed by atoms with Gasteiger partial charge in [0.15, 0.2) is 4.34 Å². The minimum atomic E-state index is -0.200. The van der Waals surface area contributed by atoms with Gasteiger partial charge in [0, 0.05) is 28.7 Å². The Morgan fingerprint density at radius 2 is 2.21 bits per heavy atom. The topological polar surface area (TPSA) is 58.1 Å². The molecular weight excluding hydrogens is 432 g/mol. The van der Waals surface area contributed by atoms with Gasteiger partial charge in [-0.1, -0.05) is 40.8 Å². The van der Waals surface area contributed by atoms with Crippen molar-refractivity contribution in [3.8, 4) is 0 Å². The molecule has 0 fully saturated rings. The third kappa shape index (κ3) is 4.20. The fourth-order valence-corrected chi connectivity index (χ4v) is 6.12. The molecule has 28 heavy (non-hydrogen) atoms. The zero-order valence-corrected chi connectivity index (χ0v) is 18.6. The summed E-state index contributed by atoms with van der Waals surface area (Å²) in [5, 5.41) is 15.0. The number of hydrogen-bond donors (Lipinski definition) is 1. The Hall–Kier alpha value is -1.61. The van der Waals surface area contributed by atoms with Crippen LogP contribution in [0.5, 0.6) is 0 Å². The number of anilines is 2. The van der Waals surface area contributed by atoms with Crippen molar-refractivity contribution in [2.75, 3.05) is 11.9 Å². The number of carbonyl (C=O) groups is 1. The molecule has 0 saturated heterocycles. The number of fused-ring (bicyclic) bond motifs is 1. The van der Waals surface area contributed by atoms with Gasteiger partial charge in [-0.15, -0.1) is 21.5 Å². The van der Waals surface area contributed by atoms with Crippen molar-refractivity contribution in [2.24, 2.45) is 0 Å². The Morgan fingerprint density at radius 1 is 1.36 bits per heavy atom. The van der Waals surface area contributed by atoms with E-state index in [1.165, 1.54) is 33.5 Å². The van der Waals surface area contributed by atoms with Gasteiger partial charge in [0.05, 0.1) is 5.25 Å². The van der Waals surface area contributed by atoms with E-state index >= 15 is 0 Å². The zero-order chi connectivity index (χ0) is 19.7. The van der Waals surface area contributed by atoms with Crippen LogP contribution in [0.3, 0.4) is 0 Å². The second kappa shape index (κ2) is 8.41. The van der Waals surface area contributed by atoms with E-state index in [1.54, 1.807) is 11.3 Å². The lowest BCUT2D eigenvalue weighted by Gasteiger charge is -2.28. The van der Waals surface area contributed by atoms with E-state index < -0.39 is 0 Å². The Morgan fingerprint density at radius 3 is 3.07 bits per heavy atom. The number of nitrogens with one attached hydrogen (secondary N) is 1. The molecule has 0 saturated carbocycles. The highest BCUT2D eigenvalue weighted by Crippen LogP contribution is 2.33. The predicted molar refractivity (Wildman–Crippen MR) is 118 cm³/mol. The molecule has 1 N–H and O–H groups in total. The van der Waals surface area contributed by atoms with Crippen LogP contribution in [0.25, 0.3) is 0 Å². The minimum Gasteiger partial charge on any atom is -0.337 e. The lowest BCUT2D eigenvalue weighted by Crippen LogP contribution is -2.39. The number of halogens is 1. The van der Waals surface area contributed by atoms with Crippen molar-refractivity contribution in [3.63, 3.8) is 0 Å². The van der Waals surface area contributed by atoms with E-state index in [9.17, 15) is 4.79 Å². The van der Waals surface area contributed by atoms with Gasteiger partial charge in [-0.05, 0) is 55.0 Å². The molecule has 1 aliphatic rings. The summed E-state index contributed by atoms with van der Waals surface area (Å²) >= 11 is 10.8. The second-order valence-electron chi connectivity index (χ2n) is 6.55. The zero-order valence-electron chi connectivity index (χ0n) is 15.4. The number of aromatic nitrogens is 2. The fraction of sp³-hybridized carbons (Fsp3) is 0.316. The maximum atomic E-state index is 12.8. The fourth-order valence-electron chi connectivity index (χ4n) is 3.06. The van der Waals surface area contributed by atoms with Gasteiger partial charge in [0.1, 0.15) is 0 Å². The average molecular weight is 451 g/mol. The van der Waals surface area contributed by atoms with Crippen molar-refractivity contribution < 1.29 is 4.79 Å². The average Bonchev–Trinajstić information content (AvgIpc) is 3.33. The standard InChI is InChI=1S/C19H19ClN4OS3/c1-11-14(20)4-3-5-15(11)21-18-22-23-19(28-18)27-12(2)17(25)24-8-6-16-13(10-24)7-9-26-16/h3-5,7,9,12H,6,8,10H2,1-2H3,(H,21,22). The van der Waals surface area contributed by atoms with E-state index in [0.29, 0.717) is 16.7 Å². The van der Waals surface area contributed by atoms with Crippen LogP contribution in [0.1, 0.15) is 22.9 Å². The van der Waals surface area contributed by atoms with Gasteiger partial charge in [-0.3, -0.25) is 4.79 Å². The first kappa shape index (κ1) is 19.7. The van der Waals surface area contributed by atoms with Gasteiger partial charge in [0.25, 0.3) is 0 Å². The molecule has 1 atom stereocenters. The molecule has 1 aromatic carbocycles. The van der Waals surface area contributed by atoms with Crippen molar-refractivity contribution >= 4 is 62.8 Å². The summed E-state index contributed by atoms with van der Waals surface area (Å²) in [4.78, 5) is 16.2. The highest BCUT2D eigenvalue weighted by atomic mass is 35.5. The number of thioether (sulfide) groups is 1. The molecule has 1 unspecified atom stereocenters. The van der Waals surface area contributed by atoms with Gasteiger partial charge in [-0.25, -0.2) is 0 Å². The molecule has 1 aliphatic heterocycles. The number of benzene rings is 1. The van der Waals surface area contributed by atoms with Crippen LogP contribution in [0.15, 0.2) is 34.0 Å². The lowest BCUT2D eigenvalue weighted by molar-refractivity contribution is -0.131. The lowest BCUT2D eigenvalue weighted by atomic mass is 10.1. The Bertz CT molecular complexity index is 1000. The van der Waals surface area contributed by atoms with E-state index in [2.05, 4.69) is 27.0 Å². The highest BCUT2D eigenvalue weighted by Gasteiger charge is 2.26. The number of hydrogen-bond acceptors (Lipinski definition) is 7. The van der Waals surface area contributed by atoms with Crippen LogP contribution in [-0.4, -0.2) is 32.8 Å². The summed E-state index contributed by atoms with van der Waals surface area (Å²) in [5.41, 5.74) is 3.15. The van der Waals surface area contributed by atoms with Crippen LogP contribution in [0.2, 0.25) is 5.02 Å². The first-order valence-corrected chi connectivity index (χ1v) is 11.8. The first-order chi connectivity index (χ1) is 13.5. The first-order valence-electron chi connectivity index (χ1n) is 8.87. The van der Waals surface area contributed by atoms with Crippen molar-refractivity contribution in [1.82, 2.24) is 15.1 Å². The Labute approximate surface area is 181 Å². The highest BCUT2D eigenvalue weighted by molar-refractivity contribution is 8.02. The van der Waals surface area contributed by atoms with Gasteiger partial charge in [-0.2, -0.15) is 0 Å². The molecule has 146 valence electrons. The van der Waals surface area contributed by atoms with Crippen molar-refractivity contribution in [2.45, 2.75) is 36.4 Å². The van der Waals surface area contributed by atoms with Gasteiger partial charge in [0.2, 0.25) is 11.0 Å². The number of thiophene rings is 1. The molecular formula is C19H19ClN4OS3. The molecule has 0 bridgehead atoms. The largest absolute Gasteiger partial charge is 0.337 e. The summed E-state index contributed by atoms with van der Waals surface area (Å²) in [7, 11) is 0. The monoisotopic (exact) mass is 450 g/mol. The summed E-state index contributed by atoms with van der Waals surface area (Å²) in [6.07, 6.45) is 0.946. The normalized spacial score (nSPS) is 14.6. The van der Waals surface area contributed by atoms with Crippen LogP contribution in [-0.2, 0) is 17.8 Å². The summed E-state index contributed by atoms with van der Waals surface area (Å²) < 4.78 is 0.774. The van der Waals surface area contributed by atoms with Crippen LogP contribution in [0, 0.1) is 6.92 Å². The van der Waals surface area contributed by atoms with Crippen molar-refractivity contribution in [3.05, 3.63) is 50.7 Å². The van der Waals surface area contributed by atoms with E-state index in [1.807, 2.05) is 36.9 Å². The Kier molecular flexibility index (Phi) is 5.91. The van der Waals surface area contributed by atoms with E-state index in [0.717, 1.165) is 28.6 Å². The number of carbonyl (C=O) groups excluding carboxylic acids is 1. The van der Waals surface area contributed by atoms with Crippen molar-refractivity contribution in [1.29, 1.82) is 0 Å². The molecule has 1 amide bonds. The summed E-state index contributed by atoms with van der Waals surface area (Å²) in [5.74, 6) is 0.150.